The fourth-order valence-electron chi connectivity index (χ4n) is 2.33. The average molecular weight is 385 g/mol. The summed E-state index contributed by atoms with van der Waals surface area (Å²) in [6.07, 6.45) is 0.0760. The van der Waals surface area contributed by atoms with Crippen LogP contribution in [0, 0.1) is 6.92 Å². The number of Topliss-reactive ketones (excluding diaryl/α,β-unsaturated/α-hetero) is 1. The van der Waals surface area contributed by atoms with Gasteiger partial charge in [-0.3, -0.25) is 9.59 Å². The van der Waals surface area contributed by atoms with E-state index in [1.807, 2.05) is 19.1 Å². The van der Waals surface area contributed by atoms with Crippen LogP contribution in [0.15, 0.2) is 52.9 Å². The second kappa shape index (κ2) is 8.60. The van der Waals surface area contributed by atoms with Gasteiger partial charge in [0, 0.05) is 22.6 Å². The number of hydrogen-bond donors (Lipinski definition) is 0. The number of nitrogens with zero attached hydrogens (tertiary/aromatic N) is 2. The van der Waals surface area contributed by atoms with Gasteiger partial charge < -0.3 is 9.15 Å². The van der Waals surface area contributed by atoms with Crippen LogP contribution in [0.4, 0.5) is 0 Å². The fraction of sp³-hybridized carbons (Fsp3) is 0.200. The first-order valence-corrected chi connectivity index (χ1v) is 8.73. The minimum atomic E-state index is -0.498. The molecule has 0 aliphatic carbocycles. The highest BCUT2D eigenvalue weighted by atomic mass is 35.5. The predicted molar refractivity (Wildman–Crippen MR) is 99.3 cm³/mol. The highest BCUT2D eigenvalue weighted by Gasteiger charge is 2.13. The molecule has 0 saturated carbocycles. The zero-order chi connectivity index (χ0) is 19.2. The van der Waals surface area contributed by atoms with E-state index in [4.69, 9.17) is 20.8 Å². The van der Waals surface area contributed by atoms with Gasteiger partial charge in [-0.2, -0.15) is 0 Å². The molecule has 27 heavy (non-hydrogen) atoms. The number of aryl methyl sites for hydroxylation is 1. The van der Waals surface area contributed by atoms with Crippen molar-refractivity contribution in [1.82, 2.24) is 10.2 Å². The third kappa shape index (κ3) is 5.24. The smallest absolute Gasteiger partial charge is 0.306 e. The molecule has 6 nitrogen and oxygen atoms in total. The molecule has 0 saturated heterocycles. The molecule has 1 aromatic heterocycles. The van der Waals surface area contributed by atoms with Crippen molar-refractivity contribution >= 4 is 23.4 Å². The Morgan fingerprint density at radius 3 is 2.41 bits per heavy atom. The number of carbonyl (C=O) groups excluding carboxylic acids is 2. The summed E-state index contributed by atoms with van der Waals surface area (Å²) in [4.78, 5) is 23.9. The van der Waals surface area contributed by atoms with Gasteiger partial charge in [-0.15, -0.1) is 10.2 Å². The quantitative estimate of drug-likeness (QED) is 0.443. The molecular weight excluding hydrogens is 368 g/mol. The number of ether oxygens (including phenoxy) is 1. The molecule has 0 spiro atoms. The van der Waals surface area contributed by atoms with E-state index < -0.39 is 5.97 Å². The van der Waals surface area contributed by atoms with Crippen LogP contribution in [0.1, 0.15) is 34.7 Å². The molecule has 0 amide bonds. The summed E-state index contributed by atoms with van der Waals surface area (Å²) in [6, 6.07) is 14.2. The van der Waals surface area contributed by atoms with Crippen molar-refractivity contribution in [2.45, 2.75) is 26.4 Å². The Morgan fingerprint density at radius 2 is 1.70 bits per heavy atom. The largest absolute Gasteiger partial charge is 0.456 e. The average Bonchev–Trinajstić information content (AvgIpc) is 3.14. The van der Waals surface area contributed by atoms with Crippen molar-refractivity contribution in [3.05, 3.63) is 70.6 Å². The Morgan fingerprint density at radius 1 is 1.00 bits per heavy atom. The first-order valence-electron chi connectivity index (χ1n) is 8.35. The van der Waals surface area contributed by atoms with Crippen molar-refractivity contribution in [1.29, 1.82) is 0 Å². The highest BCUT2D eigenvalue weighted by molar-refractivity contribution is 6.30. The Hall–Kier alpha value is -2.99. The number of esters is 1. The second-order valence-electron chi connectivity index (χ2n) is 5.96. The molecule has 3 aromatic rings. The van der Waals surface area contributed by atoms with Gasteiger partial charge >= 0.3 is 5.97 Å². The van der Waals surface area contributed by atoms with Gasteiger partial charge in [-0.25, -0.2) is 0 Å². The summed E-state index contributed by atoms with van der Waals surface area (Å²) < 4.78 is 10.5. The highest BCUT2D eigenvalue weighted by Crippen LogP contribution is 2.20. The SMILES string of the molecule is Cc1ccc(C(=O)CCC(=O)OCc2nnc(-c3ccc(Cl)cc3)o2)cc1. The number of benzene rings is 2. The maximum Gasteiger partial charge on any atom is 0.306 e. The Balaban J connectivity index is 1.47. The van der Waals surface area contributed by atoms with E-state index >= 15 is 0 Å². The predicted octanol–water partition coefficient (Wildman–Crippen LogP) is 4.40. The van der Waals surface area contributed by atoms with Crippen LogP contribution in [0.25, 0.3) is 11.5 Å². The minimum Gasteiger partial charge on any atom is -0.456 e. The molecule has 0 N–H and O–H groups in total. The molecule has 0 atom stereocenters. The van der Waals surface area contributed by atoms with Gasteiger partial charge in [0.15, 0.2) is 12.4 Å². The zero-order valence-electron chi connectivity index (χ0n) is 14.6. The summed E-state index contributed by atoms with van der Waals surface area (Å²) in [5.74, 6) is -0.109. The lowest BCUT2D eigenvalue weighted by molar-refractivity contribution is -0.145. The lowest BCUT2D eigenvalue weighted by Crippen LogP contribution is -2.08. The molecule has 0 unspecified atom stereocenters. The second-order valence-corrected chi connectivity index (χ2v) is 6.39. The van der Waals surface area contributed by atoms with E-state index in [1.165, 1.54) is 0 Å². The summed E-state index contributed by atoms with van der Waals surface area (Å²) in [5, 5.41) is 8.36. The molecule has 2 aromatic carbocycles. The molecule has 138 valence electrons. The number of rotatable bonds is 7. The lowest BCUT2D eigenvalue weighted by Gasteiger charge is -2.03. The van der Waals surface area contributed by atoms with E-state index in [0.717, 1.165) is 5.56 Å². The Labute approximate surface area is 161 Å². The topological polar surface area (TPSA) is 82.3 Å². The van der Waals surface area contributed by atoms with Crippen LogP contribution >= 0.6 is 11.6 Å². The molecule has 0 fully saturated rings. The standard InChI is InChI=1S/C20H17ClN2O4/c1-13-2-4-14(5-3-13)17(24)10-11-19(25)26-12-18-22-23-20(27-18)15-6-8-16(21)9-7-15/h2-9H,10-12H2,1H3. The molecule has 1 heterocycles. The van der Waals surface area contributed by atoms with Crippen LogP contribution in [0.5, 0.6) is 0 Å². The lowest BCUT2D eigenvalue weighted by atomic mass is 10.1. The number of carbonyl (C=O) groups is 2. The van der Waals surface area contributed by atoms with E-state index in [1.54, 1.807) is 36.4 Å². The van der Waals surface area contributed by atoms with E-state index in [0.29, 0.717) is 22.0 Å². The van der Waals surface area contributed by atoms with Crippen LogP contribution < -0.4 is 0 Å². The molecule has 7 heteroatoms. The summed E-state index contributed by atoms with van der Waals surface area (Å²) in [6.45, 7) is 1.81. The third-order valence-corrected chi connectivity index (χ3v) is 4.10. The monoisotopic (exact) mass is 384 g/mol. The van der Waals surface area contributed by atoms with Crippen LogP contribution in [0.3, 0.4) is 0 Å². The third-order valence-electron chi connectivity index (χ3n) is 3.84. The first kappa shape index (κ1) is 18.8. The van der Waals surface area contributed by atoms with Gasteiger partial charge in [0.05, 0.1) is 6.42 Å². The van der Waals surface area contributed by atoms with Crippen molar-refractivity contribution in [2.24, 2.45) is 0 Å². The van der Waals surface area contributed by atoms with Crippen LogP contribution in [0.2, 0.25) is 5.02 Å². The van der Waals surface area contributed by atoms with Crippen molar-refractivity contribution < 1.29 is 18.7 Å². The van der Waals surface area contributed by atoms with Crippen molar-refractivity contribution in [2.75, 3.05) is 0 Å². The van der Waals surface area contributed by atoms with Crippen LogP contribution in [-0.4, -0.2) is 21.9 Å². The number of hydrogen-bond acceptors (Lipinski definition) is 6. The first-order chi connectivity index (χ1) is 13.0. The Bertz CT molecular complexity index is 933. The van der Waals surface area contributed by atoms with Crippen LogP contribution in [-0.2, 0) is 16.1 Å². The number of halogens is 1. The summed E-state index contributed by atoms with van der Waals surface area (Å²) >= 11 is 5.84. The van der Waals surface area contributed by atoms with E-state index in [-0.39, 0.29) is 31.1 Å². The minimum absolute atomic E-state index is 0.00904. The molecule has 3 rings (SSSR count). The van der Waals surface area contributed by atoms with E-state index in [9.17, 15) is 9.59 Å². The number of aromatic nitrogens is 2. The summed E-state index contributed by atoms with van der Waals surface area (Å²) in [7, 11) is 0. The molecule has 0 bridgehead atoms. The molecule has 0 aliphatic rings. The zero-order valence-corrected chi connectivity index (χ0v) is 15.4. The fourth-order valence-corrected chi connectivity index (χ4v) is 2.46. The summed E-state index contributed by atoms with van der Waals surface area (Å²) in [5.41, 5.74) is 2.37. The molecule has 0 radical (unpaired) electrons. The van der Waals surface area contributed by atoms with E-state index in [2.05, 4.69) is 10.2 Å². The van der Waals surface area contributed by atoms with Gasteiger partial charge in [0.25, 0.3) is 5.89 Å². The maximum atomic E-state index is 12.1. The van der Waals surface area contributed by atoms with Gasteiger partial charge in [-0.05, 0) is 31.2 Å². The molecular formula is C20H17ClN2O4. The van der Waals surface area contributed by atoms with Crippen molar-refractivity contribution in [3.63, 3.8) is 0 Å². The van der Waals surface area contributed by atoms with Gasteiger partial charge in [-0.1, -0.05) is 41.4 Å². The van der Waals surface area contributed by atoms with Gasteiger partial charge in [0.1, 0.15) is 0 Å². The maximum absolute atomic E-state index is 12.1. The normalized spacial score (nSPS) is 10.6. The Kier molecular flexibility index (Phi) is 5.98. The van der Waals surface area contributed by atoms with Gasteiger partial charge in [0.2, 0.25) is 5.89 Å². The van der Waals surface area contributed by atoms with Crippen molar-refractivity contribution in [3.8, 4) is 11.5 Å². The number of ketones is 1. The molecule has 0 aliphatic heterocycles.